The minimum absolute atomic E-state index is 0.177. The number of benzene rings is 2. The van der Waals surface area contributed by atoms with Gasteiger partial charge < -0.3 is 20.4 Å². The van der Waals surface area contributed by atoms with Gasteiger partial charge in [0.05, 0.1) is 6.04 Å². The van der Waals surface area contributed by atoms with Crippen LogP contribution in [-0.2, 0) is 9.59 Å². The molecule has 2 amide bonds. The maximum atomic E-state index is 14.8. The van der Waals surface area contributed by atoms with Crippen LogP contribution < -0.4 is 5.32 Å². The lowest BCUT2D eigenvalue weighted by Gasteiger charge is -2.29. The largest absolute Gasteiger partial charge is 0.380 e. The van der Waals surface area contributed by atoms with E-state index in [1.807, 2.05) is 6.07 Å². The molecule has 1 aliphatic carbocycles. The highest BCUT2D eigenvalue weighted by Crippen LogP contribution is 2.34. The topological polar surface area (TPSA) is 89.9 Å². The number of carbonyl (C=O) groups excluding carboxylic acids is 2. The predicted molar refractivity (Wildman–Crippen MR) is 137 cm³/mol. The van der Waals surface area contributed by atoms with Gasteiger partial charge in [-0.25, -0.2) is 8.78 Å². The molecular weight excluding hydrogens is 502 g/mol. The molecule has 9 heteroatoms. The monoisotopic (exact) mass is 530 g/mol. The Morgan fingerprint density at radius 3 is 2.62 bits per heavy atom. The first kappa shape index (κ1) is 27.0. The van der Waals surface area contributed by atoms with Crippen LogP contribution in [0.5, 0.6) is 0 Å². The van der Waals surface area contributed by atoms with E-state index in [9.17, 15) is 28.6 Å². The van der Waals surface area contributed by atoms with Crippen LogP contribution in [0.4, 0.5) is 8.78 Å². The van der Waals surface area contributed by atoms with Crippen molar-refractivity contribution in [2.75, 3.05) is 13.1 Å². The summed E-state index contributed by atoms with van der Waals surface area (Å²) in [6.07, 6.45) is -0.412. The summed E-state index contributed by atoms with van der Waals surface area (Å²) in [5.41, 5.74) is 3.33. The van der Waals surface area contributed by atoms with Gasteiger partial charge in [0, 0.05) is 18.1 Å². The summed E-state index contributed by atoms with van der Waals surface area (Å²) in [5.74, 6) is -2.60. The van der Waals surface area contributed by atoms with Crippen molar-refractivity contribution in [3.63, 3.8) is 0 Å². The van der Waals surface area contributed by atoms with E-state index in [4.69, 9.17) is 11.6 Å². The second-order valence-corrected chi connectivity index (χ2v) is 9.87. The first-order valence-electron chi connectivity index (χ1n) is 12.2. The van der Waals surface area contributed by atoms with Gasteiger partial charge in [-0.1, -0.05) is 29.8 Å². The van der Waals surface area contributed by atoms with Gasteiger partial charge in [0.25, 0.3) is 11.8 Å². The fraction of sp³-hybridized carbons (Fsp3) is 0.357. The van der Waals surface area contributed by atoms with Crippen molar-refractivity contribution >= 4 is 29.0 Å². The Morgan fingerprint density at radius 1 is 1.14 bits per heavy atom. The number of likely N-dealkylation sites (tertiary alicyclic amines) is 1. The number of halogens is 3. The normalized spacial score (nSPS) is 19.5. The average molecular weight is 531 g/mol. The highest BCUT2D eigenvalue weighted by molar-refractivity contribution is 6.30. The number of amides is 2. The van der Waals surface area contributed by atoms with Crippen LogP contribution >= 0.6 is 11.6 Å². The lowest BCUT2D eigenvalue weighted by atomic mass is 9.90. The maximum absolute atomic E-state index is 14.8. The van der Waals surface area contributed by atoms with Gasteiger partial charge in [-0.15, -0.1) is 0 Å². The number of hydrogen-bond donors (Lipinski definition) is 3. The van der Waals surface area contributed by atoms with Gasteiger partial charge >= 0.3 is 0 Å². The van der Waals surface area contributed by atoms with E-state index in [0.29, 0.717) is 48.4 Å². The molecule has 6 nitrogen and oxygen atoms in total. The molecule has 37 heavy (non-hydrogen) atoms. The zero-order valence-corrected chi connectivity index (χ0v) is 21.1. The molecule has 0 aromatic heterocycles. The molecule has 1 heterocycles. The lowest BCUT2D eigenvalue weighted by Crippen LogP contribution is -2.50. The molecule has 1 aliphatic heterocycles. The highest BCUT2D eigenvalue weighted by atomic mass is 35.5. The van der Waals surface area contributed by atoms with Crippen LogP contribution in [0.3, 0.4) is 0 Å². The second kappa shape index (κ2) is 11.5. The molecule has 0 spiro atoms. The molecular formula is C28H29ClF2N2O4. The lowest BCUT2D eigenvalue weighted by molar-refractivity contribution is -0.153. The van der Waals surface area contributed by atoms with E-state index >= 15 is 0 Å². The number of nitrogens with zero attached hydrogens (tertiary/aromatic N) is 1. The summed E-state index contributed by atoms with van der Waals surface area (Å²) in [5, 5.41) is 23.8. The first-order valence-corrected chi connectivity index (χ1v) is 12.6. The molecule has 3 atom stereocenters. The van der Waals surface area contributed by atoms with Crippen LogP contribution in [0.25, 0.3) is 5.57 Å². The van der Waals surface area contributed by atoms with E-state index in [0.717, 1.165) is 16.7 Å². The Labute approximate surface area is 219 Å². The summed E-state index contributed by atoms with van der Waals surface area (Å²) < 4.78 is 28.2. The van der Waals surface area contributed by atoms with Crippen molar-refractivity contribution in [3.05, 3.63) is 87.5 Å². The van der Waals surface area contributed by atoms with Crippen LogP contribution in [0.1, 0.15) is 48.4 Å². The first-order chi connectivity index (χ1) is 17.7. The van der Waals surface area contributed by atoms with E-state index in [2.05, 4.69) is 5.32 Å². The van der Waals surface area contributed by atoms with Gasteiger partial charge in [-0.2, -0.15) is 0 Å². The zero-order valence-electron chi connectivity index (χ0n) is 20.4. The number of allylic oxidation sites excluding steroid dienone is 3. The Balaban J connectivity index is 1.37. The van der Waals surface area contributed by atoms with Crippen molar-refractivity contribution in [2.45, 2.75) is 50.9 Å². The molecule has 2 aromatic rings. The Kier molecular flexibility index (Phi) is 8.42. The summed E-state index contributed by atoms with van der Waals surface area (Å²) in [4.78, 5) is 26.9. The van der Waals surface area contributed by atoms with Gasteiger partial charge in [-0.05, 0) is 90.8 Å². The van der Waals surface area contributed by atoms with Crippen molar-refractivity contribution in [1.82, 2.24) is 10.2 Å². The molecule has 0 saturated carbocycles. The minimum atomic E-state index is -2.01. The molecule has 3 N–H and O–H groups in total. The quantitative estimate of drug-likeness (QED) is 0.495. The molecule has 2 aliphatic rings. The molecule has 1 unspecified atom stereocenters. The molecule has 1 saturated heterocycles. The van der Waals surface area contributed by atoms with Gasteiger partial charge in [-0.3, -0.25) is 9.59 Å². The molecule has 1 fully saturated rings. The predicted octanol–water partition coefficient (Wildman–Crippen LogP) is 4.39. The minimum Gasteiger partial charge on any atom is -0.380 e. The van der Waals surface area contributed by atoms with Gasteiger partial charge in [0.1, 0.15) is 11.6 Å². The number of nitrogens with one attached hydrogen (secondary N) is 1. The third-order valence-corrected chi connectivity index (χ3v) is 7.17. The average Bonchev–Trinajstić information content (AvgIpc) is 3.36. The fourth-order valence-electron chi connectivity index (χ4n) is 4.94. The fourth-order valence-corrected chi connectivity index (χ4v) is 5.14. The smallest absolute Gasteiger partial charge is 0.255 e. The van der Waals surface area contributed by atoms with Crippen molar-refractivity contribution < 1.29 is 28.6 Å². The van der Waals surface area contributed by atoms with Crippen molar-refractivity contribution in [2.24, 2.45) is 0 Å². The summed E-state index contributed by atoms with van der Waals surface area (Å²) >= 11 is 6.07. The summed E-state index contributed by atoms with van der Waals surface area (Å²) in [6, 6.07) is 11.1. The summed E-state index contributed by atoms with van der Waals surface area (Å²) in [7, 11) is 0. The molecule has 0 bridgehead atoms. The Hall–Kier alpha value is -3.07. The number of aryl methyl sites for hydroxylation is 1. The van der Waals surface area contributed by atoms with Crippen molar-refractivity contribution in [1.29, 1.82) is 0 Å². The molecule has 4 rings (SSSR count). The summed E-state index contributed by atoms with van der Waals surface area (Å²) in [6.45, 7) is 1.95. The van der Waals surface area contributed by atoms with E-state index < -0.39 is 29.8 Å². The third-order valence-electron chi connectivity index (χ3n) is 6.94. The standard InChI is InChI=1S/C28H29ClF2N2O4/c1-16-12-21(30)9-10-22(16)17-7-8-19(23(31)14-17)15-32-27(36)25(34)26(35)28(37)33-11-3-6-24(33)18-4-2-5-20(29)13-18/h2,4-5,9-10,12-14,24-26,34-35H,3,6-8,11,15H2,1H3,(H,32,36)/t24?,25-,26-/m1/s1. The van der Waals surface area contributed by atoms with E-state index in [1.165, 1.54) is 23.1 Å². The number of rotatable bonds is 7. The number of aliphatic hydroxyl groups excluding tert-OH is 2. The van der Waals surface area contributed by atoms with Gasteiger partial charge in [0.15, 0.2) is 12.2 Å². The maximum Gasteiger partial charge on any atom is 0.255 e. The second-order valence-electron chi connectivity index (χ2n) is 9.43. The SMILES string of the molecule is Cc1cc(F)ccc1C1=CC(F)=C(CNC(=O)[C@H](O)[C@@H](O)C(=O)N2CCCC2c2cccc(Cl)c2)CC1. The van der Waals surface area contributed by atoms with Crippen LogP contribution in [0, 0.1) is 12.7 Å². The van der Waals surface area contributed by atoms with Gasteiger partial charge in [0.2, 0.25) is 0 Å². The van der Waals surface area contributed by atoms with Crippen LogP contribution in [0.2, 0.25) is 5.02 Å². The molecule has 196 valence electrons. The highest BCUT2D eigenvalue weighted by Gasteiger charge is 2.38. The Morgan fingerprint density at radius 2 is 1.92 bits per heavy atom. The van der Waals surface area contributed by atoms with E-state index in [1.54, 1.807) is 31.2 Å². The Bertz CT molecular complexity index is 1260. The molecule has 2 aromatic carbocycles. The number of hydrogen-bond acceptors (Lipinski definition) is 4. The van der Waals surface area contributed by atoms with E-state index in [-0.39, 0.29) is 18.4 Å². The van der Waals surface area contributed by atoms with Crippen LogP contribution in [0.15, 0.2) is 59.9 Å². The number of carbonyl (C=O) groups is 2. The van der Waals surface area contributed by atoms with Crippen molar-refractivity contribution in [3.8, 4) is 0 Å². The number of aliphatic hydroxyl groups is 2. The zero-order chi connectivity index (χ0) is 26.7. The van der Waals surface area contributed by atoms with Crippen LogP contribution in [-0.4, -0.2) is 52.2 Å². The third kappa shape index (κ3) is 6.09. The molecule has 0 radical (unpaired) electrons.